The second-order valence-electron chi connectivity index (χ2n) is 6.16. The van der Waals surface area contributed by atoms with Crippen LogP contribution < -0.4 is 10.1 Å². The highest BCUT2D eigenvalue weighted by Gasteiger charge is 2.14. The number of fused-ring (bicyclic) bond motifs is 1. The van der Waals surface area contributed by atoms with Gasteiger partial charge in [0, 0.05) is 22.5 Å². The van der Waals surface area contributed by atoms with Gasteiger partial charge in [0.05, 0.1) is 12.5 Å². The maximum Gasteiger partial charge on any atom is 0.139 e. The van der Waals surface area contributed by atoms with Crippen molar-refractivity contribution < 1.29 is 4.74 Å². The highest BCUT2D eigenvalue weighted by Crippen LogP contribution is 2.37. The number of hydrogen-bond donors (Lipinski definition) is 1. The summed E-state index contributed by atoms with van der Waals surface area (Å²) in [5.74, 6) is 2.44. The first-order valence-corrected chi connectivity index (χ1v) is 9.78. The van der Waals surface area contributed by atoms with Gasteiger partial charge in [0.25, 0.3) is 0 Å². The Morgan fingerprint density at radius 2 is 1.78 bits per heavy atom. The predicted molar refractivity (Wildman–Crippen MR) is 113 cm³/mol. The third-order valence-corrected chi connectivity index (χ3v) is 5.44. The maximum absolute atomic E-state index is 5.97. The van der Waals surface area contributed by atoms with Crippen molar-refractivity contribution in [2.24, 2.45) is 0 Å². The van der Waals surface area contributed by atoms with Crippen LogP contribution in [0.25, 0.3) is 21.3 Å². The Bertz CT molecular complexity index is 1080. The number of ether oxygens (including phenoxy) is 1. The fourth-order valence-electron chi connectivity index (χ4n) is 2.95. The first-order chi connectivity index (χ1) is 13.1. The van der Waals surface area contributed by atoms with Crippen molar-refractivity contribution in [2.75, 3.05) is 12.4 Å². The molecule has 1 N–H and O–H groups in total. The van der Waals surface area contributed by atoms with Gasteiger partial charge < -0.3 is 10.1 Å². The van der Waals surface area contributed by atoms with Crippen LogP contribution in [0.2, 0.25) is 5.02 Å². The summed E-state index contributed by atoms with van der Waals surface area (Å²) >= 11 is 7.61. The zero-order chi connectivity index (χ0) is 18.8. The lowest BCUT2D eigenvalue weighted by atomic mass is 10.1. The molecular weight excluding hydrogens is 378 g/mol. The molecule has 2 heterocycles. The van der Waals surface area contributed by atoms with E-state index in [2.05, 4.69) is 32.8 Å². The van der Waals surface area contributed by atoms with Crippen LogP contribution in [-0.4, -0.2) is 17.1 Å². The summed E-state index contributed by atoms with van der Waals surface area (Å²) in [6.07, 6.45) is 0. The first-order valence-electron chi connectivity index (χ1n) is 8.52. The number of anilines is 1. The molecule has 0 amide bonds. The minimum Gasteiger partial charge on any atom is -0.497 e. The Kier molecular flexibility index (Phi) is 4.97. The van der Waals surface area contributed by atoms with E-state index in [1.807, 2.05) is 43.3 Å². The van der Waals surface area contributed by atoms with E-state index in [1.54, 1.807) is 18.4 Å². The Balaban J connectivity index is 1.72. The van der Waals surface area contributed by atoms with Crippen LogP contribution in [0.3, 0.4) is 0 Å². The van der Waals surface area contributed by atoms with Crippen molar-refractivity contribution >= 4 is 39.0 Å². The van der Waals surface area contributed by atoms with Crippen LogP contribution >= 0.6 is 22.9 Å². The second kappa shape index (κ2) is 7.55. The average Bonchev–Trinajstić information content (AvgIpc) is 3.11. The van der Waals surface area contributed by atoms with Crippen LogP contribution in [0.15, 0.2) is 53.9 Å². The average molecular weight is 396 g/mol. The zero-order valence-corrected chi connectivity index (χ0v) is 16.6. The number of nitrogens with one attached hydrogen (secondary N) is 1. The van der Waals surface area contributed by atoms with Crippen molar-refractivity contribution in [3.8, 4) is 16.9 Å². The fraction of sp³-hybridized carbons (Fsp3) is 0.143. The molecule has 2 aromatic carbocycles. The molecule has 27 heavy (non-hydrogen) atoms. The highest BCUT2D eigenvalue weighted by atomic mass is 35.5. The topological polar surface area (TPSA) is 47.0 Å². The minimum atomic E-state index is 0.667. The molecular formula is C21H18ClN3OS. The van der Waals surface area contributed by atoms with Gasteiger partial charge in [0.15, 0.2) is 0 Å². The summed E-state index contributed by atoms with van der Waals surface area (Å²) in [5, 5.41) is 7.38. The molecule has 2 aromatic heterocycles. The van der Waals surface area contributed by atoms with Gasteiger partial charge >= 0.3 is 0 Å². The van der Waals surface area contributed by atoms with Gasteiger partial charge in [-0.15, -0.1) is 11.3 Å². The van der Waals surface area contributed by atoms with E-state index in [4.69, 9.17) is 16.3 Å². The number of nitrogens with zero attached hydrogens (tertiary/aromatic N) is 2. The van der Waals surface area contributed by atoms with E-state index in [9.17, 15) is 0 Å². The Labute approximate surface area is 166 Å². The van der Waals surface area contributed by atoms with Crippen molar-refractivity contribution in [1.82, 2.24) is 9.97 Å². The number of methoxy groups -OCH3 is 1. The molecule has 6 heteroatoms. The Hall–Kier alpha value is -2.63. The molecule has 0 aliphatic heterocycles. The molecule has 0 aliphatic carbocycles. The Morgan fingerprint density at radius 1 is 1.04 bits per heavy atom. The summed E-state index contributed by atoms with van der Waals surface area (Å²) in [5.41, 5.74) is 3.38. The lowest BCUT2D eigenvalue weighted by molar-refractivity contribution is 0.415. The number of rotatable bonds is 5. The second-order valence-corrected chi connectivity index (χ2v) is 7.45. The molecule has 0 atom stereocenters. The SMILES string of the molecule is COc1ccc(-c2csc3nc(C)nc(NCc4ccc(Cl)cc4)c23)cc1. The van der Waals surface area contributed by atoms with Crippen molar-refractivity contribution in [2.45, 2.75) is 13.5 Å². The lowest BCUT2D eigenvalue weighted by Crippen LogP contribution is -2.03. The van der Waals surface area contributed by atoms with Crippen molar-refractivity contribution in [3.05, 3.63) is 70.3 Å². The van der Waals surface area contributed by atoms with Gasteiger partial charge in [-0.05, 0) is 42.3 Å². The van der Waals surface area contributed by atoms with Crippen LogP contribution in [0.4, 0.5) is 5.82 Å². The van der Waals surface area contributed by atoms with Gasteiger partial charge in [-0.3, -0.25) is 0 Å². The molecule has 0 fully saturated rings. The number of aromatic nitrogens is 2. The number of thiophene rings is 1. The molecule has 0 saturated heterocycles. The van der Waals surface area contributed by atoms with Crippen LogP contribution in [0.5, 0.6) is 5.75 Å². The quantitative estimate of drug-likeness (QED) is 0.454. The van der Waals surface area contributed by atoms with Gasteiger partial charge in [0.2, 0.25) is 0 Å². The molecule has 4 nitrogen and oxygen atoms in total. The summed E-state index contributed by atoms with van der Waals surface area (Å²) in [6, 6.07) is 15.9. The zero-order valence-electron chi connectivity index (χ0n) is 15.0. The number of halogens is 1. The molecule has 0 aliphatic rings. The standard InChI is InChI=1S/C21H18ClN3OS/c1-13-24-20(23-11-14-3-7-16(22)8-4-14)19-18(12-27-21(19)25-13)15-5-9-17(26-2)10-6-15/h3-10,12H,11H2,1-2H3,(H,23,24,25). The van der Waals surface area contributed by atoms with Gasteiger partial charge in [-0.1, -0.05) is 35.9 Å². The third-order valence-electron chi connectivity index (χ3n) is 4.32. The molecule has 4 rings (SSSR count). The molecule has 0 unspecified atom stereocenters. The molecule has 0 bridgehead atoms. The Morgan fingerprint density at radius 3 is 2.48 bits per heavy atom. The van der Waals surface area contributed by atoms with Crippen LogP contribution in [0, 0.1) is 6.92 Å². The van der Waals surface area contributed by atoms with Gasteiger partial charge in [0.1, 0.15) is 22.2 Å². The van der Waals surface area contributed by atoms with E-state index in [0.29, 0.717) is 6.54 Å². The van der Waals surface area contributed by atoms with Gasteiger partial charge in [-0.25, -0.2) is 9.97 Å². The lowest BCUT2D eigenvalue weighted by Gasteiger charge is -2.10. The van der Waals surface area contributed by atoms with E-state index >= 15 is 0 Å². The number of aryl methyl sites for hydroxylation is 1. The normalized spacial score (nSPS) is 10.9. The molecule has 4 aromatic rings. The van der Waals surface area contributed by atoms with E-state index in [0.717, 1.165) is 49.3 Å². The van der Waals surface area contributed by atoms with E-state index in [-0.39, 0.29) is 0 Å². The van der Waals surface area contributed by atoms with E-state index in [1.165, 1.54) is 0 Å². The molecule has 0 saturated carbocycles. The fourth-order valence-corrected chi connectivity index (χ4v) is 4.07. The number of hydrogen-bond acceptors (Lipinski definition) is 5. The van der Waals surface area contributed by atoms with Crippen molar-refractivity contribution in [3.63, 3.8) is 0 Å². The van der Waals surface area contributed by atoms with Crippen LogP contribution in [-0.2, 0) is 6.54 Å². The summed E-state index contributed by atoms with van der Waals surface area (Å²) in [4.78, 5) is 10.2. The summed E-state index contributed by atoms with van der Waals surface area (Å²) in [6.45, 7) is 2.58. The van der Waals surface area contributed by atoms with Gasteiger partial charge in [-0.2, -0.15) is 0 Å². The largest absolute Gasteiger partial charge is 0.497 e. The maximum atomic E-state index is 5.97. The third kappa shape index (κ3) is 3.75. The smallest absolute Gasteiger partial charge is 0.139 e. The molecule has 0 radical (unpaired) electrons. The summed E-state index contributed by atoms with van der Waals surface area (Å²) in [7, 11) is 1.67. The highest BCUT2D eigenvalue weighted by molar-refractivity contribution is 7.17. The summed E-state index contributed by atoms with van der Waals surface area (Å²) < 4.78 is 5.27. The predicted octanol–water partition coefficient (Wildman–Crippen LogP) is 5.94. The first kappa shape index (κ1) is 17.8. The van der Waals surface area contributed by atoms with Crippen LogP contribution in [0.1, 0.15) is 11.4 Å². The molecule has 136 valence electrons. The number of benzene rings is 2. The minimum absolute atomic E-state index is 0.667. The molecule has 0 spiro atoms. The monoisotopic (exact) mass is 395 g/mol. The van der Waals surface area contributed by atoms with Crippen molar-refractivity contribution in [1.29, 1.82) is 0 Å². The van der Waals surface area contributed by atoms with E-state index < -0.39 is 0 Å².